The zero-order valence-corrected chi connectivity index (χ0v) is 12.5. The van der Waals surface area contributed by atoms with Crippen LogP contribution in [0.25, 0.3) is 0 Å². The van der Waals surface area contributed by atoms with Crippen LogP contribution in [0.5, 0.6) is 0 Å². The number of esters is 1. The van der Waals surface area contributed by atoms with Crippen molar-refractivity contribution in [3.05, 3.63) is 0 Å². The molecule has 1 saturated heterocycles. The molecule has 0 unspecified atom stereocenters. The molecule has 7 nitrogen and oxygen atoms in total. The molecular weight excluding hydrogens is 262 g/mol. The number of methoxy groups -OCH3 is 1. The fourth-order valence-corrected chi connectivity index (χ4v) is 2.08. The molecule has 0 saturated carbocycles. The average Bonchev–Trinajstić information content (AvgIpc) is 2.45. The lowest BCUT2D eigenvalue weighted by Crippen LogP contribution is -3.14. The molecule has 1 aliphatic heterocycles. The van der Waals surface area contributed by atoms with E-state index < -0.39 is 12.0 Å². The maximum absolute atomic E-state index is 11.8. The van der Waals surface area contributed by atoms with Crippen molar-refractivity contribution in [3.63, 3.8) is 0 Å². The fraction of sp³-hybridized carbons (Fsp3) is 0.846. The first-order valence-corrected chi connectivity index (χ1v) is 7.08. The summed E-state index contributed by atoms with van der Waals surface area (Å²) < 4.78 is 9.95. The summed E-state index contributed by atoms with van der Waals surface area (Å²) >= 11 is 0. The minimum absolute atomic E-state index is 0.0157. The van der Waals surface area contributed by atoms with Crippen LogP contribution in [0.15, 0.2) is 0 Å². The van der Waals surface area contributed by atoms with Crippen molar-refractivity contribution in [2.75, 3.05) is 46.5 Å². The number of nitrogens with one attached hydrogen (secondary N) is 3. The molecule has 0 aromatic carbocycles. The Hall–Kier alpha value is -1.34. The Labute approximate surface area is 120 Å². The summed E-state index contributed by atoms with van der Waals surface area (Å²) in [6.07, 6.45) is 0. The number of hydrogen-bond acceptors (Lipinski definition) is 4. The van der Waals surface area contributed by atoms with Crippen molar-refractivity contribution >= 4 is 12.0 Å². The van der Waals surface area contributed by atoms with Gasteiger partial charge >= 0.3 is 12.0 Å². The third kappa shape index (κ3) is 5.75. The van der Waals surface area contributed by atoms with E-state index in [4.69, 9.17) is 4.74 Å². The minimum Gasteiger partial charge on any atom is -0.467 e. The predicted octanol–water partition coefficient (Wildman–Crippen LogP) is -1.60. The van der Waals surface area contributed by atoms with E-state index in [1.807, 2.05) is 13.8 Å². The zero-order chi connectivity index (χ0) is 15.0. The Morgan fingerprint density at radius 3 is 2.50 bits per heavy atom. The van der Waals surface area contributed by atoms with Gasteiger partial charge in [-0.1, -0.05) is 13.8 Å². The highest BCUT2D eigenvalue weighted by molar-refractivity contribution is 5.83. The molecule has 3 N–H and O–H groups in total. The average molecular weight is 288 g/mol. The maximum atomic E-state index is 11.8. The quantitative estimate of drug-likeness (QED) is 0.514. The molecule has 0 aliphatic carbocycles. The normalized spacial score (nSPS) is 17.6. The molecule has 7 heteroatoms. The summed E-state index contributed by atoms with van der Waals surface area (Å²) in [6, 6.07) is -0.947. The molecular formula is C13H26N3O4+. The molecule has 1 fully saturated rings. The Balaban J connectivity index is 2.25. The third-order valence-corrected chi connectivity index (χ3v) is 3.37. The van der Waals surface area contributed by atoms with Gasteiger partial charge in [0.1, 0.15) is 19.1 Å². The Kier molecular flexibility index (Phi) is 7.32. The molecule has 1 heterocycles. The van der Waals surface area contributed by atoms with Crippen molar-refractivity contribution in [1.29, 1.82) is 0 Å². The summed E-state index contributed by atoms with van der Waals surface area (Å²) in [5, 5.41) is 5.42. The molecule has 1 rings (SSSR count). The summed E-state index contributed by atoms with van der Waals surface area (Å²) in [6.45, 7) is 8.66. The summed E-state index contributed by atoms with van der Waals surface area (Å²) in [4.78, 5) is 24.7. The van der Waals surface area contributed by atoms with E-state index in [9.17, 15) is 9.59 Å². The number of urea groups is 1. The van der Waals surface area contributed by atoms with Gasteiger partial charge in [-0.25, -0.2) is 9.59 Å². The van der Waals surface area contributed by atoms with Crippen LogP contribution in [0, 0.1) is 5.92 Å². The van der Waals surface area contributed by atoms with Gasteiger partial charge < -0.3 is 25.0 Å². The number of carbonyl (C=O) groups excluding carboxylic acids is 2. The standard InChI is InChI=1S/C13H25N3O4/c1-10(2)11(12(17)19-3)15-13(18)14-4-5-16-6-8-20-9-7-16/h10-11H,4-9H2,1-3H3,(H2,14,15,18)/p+1/t11-/m0/s1. The van der Waals surface area contributed by atoms with Gasteiger partial charge in [-0.2, -0.15) is 0 Å². The van der Waals surface area contributed by atoms with Crippen LogP contribution >= 0.6 is 0 Å². The number of quaternary nitrogens is 1. The van der Waals surface area contributed by atoms with Crippen LogP contribution in [-0.4, -0.2) is 64.5 Å². The molecule has 20 heavy (non-hydrogen) atoms. The zero-order valence-electron chi connectivity index (χ0n) is 12.5. The summed E-state index contributed by atoms with van der Waals surface area (Å²) in [7, 11) is 1.32. The lowest BCUT2D eigenvalue weighted by atomic mass is 10.1. The van der Waals surface area contributed by atoms with E-state index in [1.165, 1.54) is 12.0 Å². The van der Waals surface area contributed by atoms with E-state index in [2.05, 4.69) is 15.4 Å². The Morgan fingerprint density at radius 1 is 1.30 bits per heavy atom. The van der Waals surface area contributed by atoms with Crippen molar-refractivity contribution in [1.82, 2.24) is 10.6 Å². The topological polar surface area (TPSA) is 81.1 Å². The molecule has 1 atom stereocenters. The number of morpholine rings is 1. The van der Waals surface area contributed by atoms with Crippen molar-refractivity contribution < 1.29 is 24.0 Å². The van der Waals surface area contributed by atoms with E-state index in [0.717, 1.165) is 32.8 Å². The monoisotopic (exact) mass is 288 g/mol. The van der Waals surface area contributed by atoms with Crippen LogP contribution in [0.1, 0.15) is 13.8 Å². The van der Waals surface area contributed by atoms with Crippen LogP contribution in [0.3, 0.4) is 0 Å². The van der Waals surface area contributed by atoms with Gasteiger partial charge in [-0.15, -0.1) is 0 Å². The van der Waals surface area contributed by atoms with Gasteiger partial charge in [-0.3, -0.25) is 0 Å². The molecule has 0 bridgehead atoms. The van der Waals surface area contributed by atoms with Crippen LogP contribution in [0.2, 0.25) is 0 Å². The molecule has 2 amide bonds. The lowest BCUT2D eigenvalue weighted by Gasteiger charge is -2.24. The Morgan fingerprint density at radius 2 is 1.95 bits per heavy atom. The number of amides is 2. The number of rotatable bonds is 6. The highest BCUT2D eigenvalue weighted by atomic mass is 16.5. The maximum Gasteiger partial charge on any atom is 0.328 e. The van der Waals surface area contributed by atoms with Gasteiger partial charge in [-0.05, 0) is 5.92 Å². The minimum atomic E-state index is -0.615. The predicted molar refractivity (Wildman–Crippen MR) is 73.6 cm³/mol. The highest BCUT2D eigenvalue weighted by Gasteiger charge is 2.24. The molecule has 0 aromatic rings. The molecule has 1 aliphatic rings. The highest BCUT2D eigenvalue weighted by Crippen LogP contribution is 2.02. The van der Waals surface area contributed by atoms with E-state index >= 15 is 0 Å². The first kappa shape index (κ1) is 16.7. The fourth-order valence-electron chi connectivity index (χ4n) is 2.08. The largest absolute Gasteiger partial charge is 0.467 e. The van der Waals surface area contributed by atoms with Crippen molar-refractivity contribution in [2.24, 2.45) is 5.92 Å². The number of hydrogen-bond donors (Lipinski definition) is 3. The van der Waals surface area contributed by atoms with Gasteiger partial charge in [0.25, 0.3) is 0 Å². The summed E-state index contributed by atoms with van der Waals surface area (Å²) in [5.74, 6) is -0.438. The van der Waals surface area contributed by atoms with Crippen LogP contribution in [-0.2, 0) is 14.3 Å². The number of carbonyl (C=O) groups is 2. The second-order valence-electron chi connectivity index (χ2n) is 5.26. The van der Waals surface area contributed by atoms with Crippen molar-refractivity contribution in [2.45, 2.75) is 19.9 Å². The SMILES string of the molecule is COC(=O)[C@@H](NC(=O)NCC[NH+]1CCOCC1)C(C)C. The number of ether oxygens (including phenoxy) is 2. The smallest absolute Gasteiger partial charge is 0.328 e. The van der Waals surface area contributed by atoms with E-state index in [0.29, 0.717) is 6.54 Å². The van der Waals surface area contributed by atoms with Crippen molar-refractivity contribution in [3.8, 4) is 0 Å². The van der Waals surface area contributed by atoms with Gasteiger partial charge in [0.2, 0.25) is 0 Å². The van der Waals surface area contributed by atoms with Crippen LogP contribution in [0.4, 0.5) is 4.79 Å². The van der Waals surface area contributed by atoms with E-state index in [1.54, 1.807) is 0 Å². The van der Waals surface area contributed by atoms with Gasteiger partial charge in [0.05, 0.1) is 33.4 Å². The third-order valence-electron chi connectivity index (χ3n) is 3.37. The lowest BCUT2D eigenvalue weighted by molar-refractivity contribution is -0.906. The first-order valence-electron chi connectivity index (χ1n) is 7.08. The summed E-state index contributed by atoms with van der Waals surface area (Å²) in [5.41, 5.74) is 0. The van der Waals surface area contributed by atoms with Gasteiger partial charge in [0, 0.05) is 0 Å². The van der Waals surface area contributed by atoms with Gasteiger partial charge in [0.15, 0.2) is 0 Å². The molecule has 0 spiro atoms. The molecule has 0 aromatic heterocycles. The van der Waals surface area contributed by atoms with E-state index in [-0.39, 0.29) is 11.9 Å². The molecule has 0 radical (unpaired) electrons. The Bertz CT molecular complexity index is 317. The second-order valence-corrected chi connectivity index (χ2v) is 5.26. The second kappa shape index (κ2) is 8.76. The first-order chi connectivity index (χ1) is 9.54. The van der Waals surface area contributed by atoms with Crippen LogP contribution < -0.4 is 15.5 Å². The molecule has 116 valence electrons.